The summed E-state index contributed by atoms with van der Waals surface area (Å²) in [5.74, 6) is 0.469. The second-order valence-corrected chi connectivity index (χ2v) is 6.57. The van der Waals surface area contributed by atoms with E-state index in [4.69, 9.17) is 0 Å². The van der Waals surface area contributed by atoms with Gasteiger partial charge in [-0.3, -0.25) is 4.79 Å². The Hall–Kier alpha value is -1.22. The van der Waals surface area contributed by atoms with Crippen molar-refractivity contribution in [3.63, 3.8) is 0 Å². The minimum atomic E-state index is 0. The van der Waals surface area contributed by atoms with Gasteiger partial charge in [-0.05, 0) is 41.5 Å². The molecule has 1 atom stereocenters. The van der Waals surface area contributed by atoms with Crippen LogP contribution in [0, 0.1) is 11.3 Å². The zero-order valence-electron chi connectivity index (χ0n) is 12.7. The van der Waals surface area contributed by atoms with Crippen LogP contribution in [-0.4, -0.2) is 12.5 Å². The molecular weight excluding hydrogens is 272 g/mol. The normalized spacial score (nSPS) is 14.8. The third kappa shape index (κ3) is 4.14. The van der Waals surface area contributed by atoms with Gasteiger partial charge in [-0.25, -0.2) is 0 Å². The molecule has 1 aromatic carbocycles. The van der Waals surface area contributed by atoms with E-state index in [2.05, 4.69) is 44.4 Å². The highest BCUT2D eigenvalue weighted by Crippen LogP contribution is 2.29. The quantitative estimate of drug-likeness (QED) is 0.882. The monoisotopic (exact) mass is 296 g/mol. The van der Waals surface area contributed by atoms with Crippen LogP contribution in [0.1, 0.15) is 39.7 Å². The molecule has 112 valence electrons. The fraction of sp³-hybridized carbons (Fsp3) is 0.562. The molecule has 0 fully saturated rings. The van der Waals surface area contributed by atoms with E-state index in [1.165, 1.54) is 11.3 Å². The van der Waals surface area contributed by atoms with Crippen molar-refractivity contribution in [3.8, 4) is 0 Å². The number of benzene rings is 1. The molecule has 0 saturated heterocycles. The number of rotatable bonds is 3. The molecule has 1 heterocycles. The lowest BCUT2D eigenvalue weighted by Gasteiger charge is -2.26. The van der Waals surface area contributed by atoms with Crippen LogP contribution in [0.25, 0.3) is 0 Å². The fourth-order valence-corrected chi connectivity index (χ4v) is 2.18. The first-order valence-electron chi connectivity index (χ1n) is 7.03. The lowest BCUT2D eigenvalue weighted by Crippen LogP contribution is -2.23. The number of anilines is 2. The van der Waals surface area contributed by atoms with Gasteiger partial charge in [0, 0.05) is 24.3 Å². The number of halogens is 1. The maximum Gasteiger partial charge on any atom is 0.224 e. The molecule has 0 spiro atoms. The number of fused-ring (bicyclic) bond motifs is 1. The first kappa shape index (κ1) is 16.8. The summed E-state index contributed by atoms with van der Waals surface area (Å²) < 4.78 is 0. The van der Waals surface area contributed by atoms with E-state index < -0.39 is 0 Å². The number of carbonyl (C=O) groups excluding carboxylic acids is 1. The molecule has 1 aromatic rings. The summed E-state index contributed by atoms with van der Waals surface area (Å²) in [6, 6.07) is 6.09. The molecule has 0 aliphatic carbocycles. The zero-order valence-corrected chi connectivity index (χ0v) is 13.6. The van der Waals surface area contributed by atoms with Gasteiger partial charge in [0.15, 0.2) is 0 Å². The Morgan fingerprint density at radius 1 is 1.40 bits per heavy atom. The minimum Gasteiger partial charge on any atom is -0.384 e. The Morgan fingerprint density at radius 3 is 2.75 bits per heavy atom. The smallest absolute Gasteiger partial charge is 0.224 e. The van der Waals surface area contributed by atoms with Crippen LogP contribution >= 0.6 is 12.4 Å². The lowest BCUT2D eigenvalue weighted by molar-refractivity contribution is -0.117. The molecule has 20 heavy (non-hydrogen) atoms. The van der Waals surface area contributed by atoms with E-state index in [1.54, 1.807) is 0 Å². The van der Waals surface area contributed by atoms with Crippen molar-refractivity contribution in [1.82, 2.24) is 0 Å². The van der Waals surface area contributed by atoms with Crippen LogP contribution in [0.5, 0.6) is 0 Å². The van der Waals surface area contributed by atoms with Gasteiger partial charge < -0.3 is 10.6 Å². The van der Waals surface area contributed by atoms with Gasteiger partial charge >= 0.3 is 0 Å². The van der Waals surface area contributed by atoms with Crippen LogP contribution in [0.15, 0.2) is 18.2 Å². The van der Waals surface area contributed by atoms with Crippen LogP contribution in [0.2, 0.25) is 0 Å². The van der Waals surface area contributed by atoms with Crippen molar-refractivity contribution >= 4 is 29.7 Å². The predicted molar refractivity (Wildman–Crippen MR) is 87.7 cm³/mol. The molecule has 1 unspecified atom stereocenters. The summed E-state index contributed by atoms with van der Waals surface area (Å²) in [6.45, 7) is 9.64. The Kier molecular flexibility index (Phi) is 5.46. The van der Waals surface area contributed by atoms with Crippen molar-refractivity contribution in [2.45, 2.75) is 40.5 Å². The van der Waals surface area contributed by atoms with Crippen LogP contribution < -0.4 is 10.6 Å². The van der Waals surface area contributed by atoms with E-state index in [9.17, 15) is 4.79 Å². The number of carbonyl (C=O) groups is 1. The summed E-state index contributed by atoms with van der Waals surface area (Å²) in [7, 11) is 0. The Balaban J connectivity index is 0.00000200. The van der Waals surface area contributed by atoms with Crippen LogP contribution in [-0.2, 0) is 11.2 Å². The highest BCUT2D eigenvalue weighted by atomic mass is 35.5. The van der Waals surface area contributed by atoms with E-state index in [-0.39, 0.29) is 23.7 Å². The van der Waals surface area contributed by atoms with Gasteiger partial charge in [0.2, 0.25) is 5.91 Å². The van der Waals surface area contributed by atoms with Gasteiger partial charge in [-0.2, -0.15) is 0 Å². The minimum absolute atomic E-state index is 0. The average Bonchev–Trinajstić information content (AvgIpc) is 2.74. The number of hydrogen-bond donors (Lipinski definition) is 2. The molecule has 2 rings (SSSR count). The second-order valence-electron chi connectivity index (χ2n) is 6.57. The van der Waals surface area contributed by atoms with Crippen molar-refractivity contribution in [1.29, 1.82) is 0 Å². The predicted octanol–water partition coefficient (Wildman–Crippen LogP) is 4.09. The molecule has 3 nitrogen and oxygen atoms in total. The van der Waals surface area contributed by atoms with E-state index in [0.717, 1.165) is 18.7 Å². The lowest BCUT2D eigenvalue weighted by atomic mass is 9.80. The largest absolute Gasteiger partial charge is 0.384 e. The van der Waals surface area contributed by atoms with E-state index in [1.807, 2.05) is 12.1 Å². The van der Waals surface area contributed by atoms with Gasteiger partial charge in [0.05, 0.1) is 0 Å². The maximum atomic E-state index is 12.0. The van der Waals surface area contributed by atoms with E-state index >= 15 is 0 Å². The van der Waals surface area contributed by atoms with Gasteiger partial charge in [0.25, 0.3) is 0 Å². The van der Waals surface area contributed by atoms with Crippen molar-refractivity contribution in [2.24, 2.45) is 11.3 Å². The molecule has 4 heteroatoms. The third-order valence-electron chi connectivity index (χ3n) is 4.07. The van der Waals surface area contributed by atoms with Crippen LogP contribution in [0.4, 0.5) is 11.4 Å². The molecule has 1 aliphatic heterocycles. The molecule has 0 aromatic heterocycles. The molecule has 0 saturated carbocycles. The highest BCUT2D eigenvalue weighted by molar-refractivity contribution is 5.91. The summed E-state index contributed by atoms with van der Waals surface area (Å²) in [5.41, 5.74) is 3.57. The summed E-state index contributed by atoms with van der Waals surface area (Å²) >= 11 is 0. The Bertz CT molecular complexity index is 480. The van der Waals surface area contributed by atoms with Crippen LogP contribution in [0.3, 0.4) is 0 Å². The SMILES string of the molecule is CC(CC(=O)Nc1ccc2c(c1)CCN2)C(C)(C)C.Cl. The number of nitrogens with one attached hydrogen (secondary N) is 2. The molecular formula is C16H25ClN2O. The molecule has 1 aliphatic rings. The molecule has 1 amide bonds. The Morgan fingerprint density at radius 2 is 2.10 bits per heavy atom. The molecule has 0 radical (unpaired) electrons. The van der Waals surface area contributed by atoms with Crippen molar-refractivity contribution in [3.05, 3.63) is 23.8 Å². The second kappa shape index (κ2) is 6.49. The standard InChI is InChI=1S/C16H24N2O.ClH/c1-11(16(2,3)4)9-15(19)18-13-5-6-14-12(10-13)7-8-17-14;/h5-6,10-11,17H,7-9H2,1-4H3,(H,18,19);1H. The first-order chi connectivity index (χ1) is 8.86. The number of hydrogen-bond acceptors (Lipinski definition) is 2. The van der Waals surface area contributed by atoms with Crippen molar-refractivity contribution < 1.29 is 4.79 Å². The first-order valence-corrected chi connectivity index (χ1v) is 7.03. The summed E-state index contributed by atoms with van der Waals surface area (Å²) in [5, 5.41) is 6.33. The van der Waals surface area contributed by atoms with Gasteiger partial charge in [0.1, 0.15) is 0 Å². The molecule has 0 bridgehead atoms. The van der Waals surface area contributed by atoms with Crippen molar-refractivity contribution in [2.75, 3.05) is 17.2 Å². The third-order valence-corrected chi connectivity index (χ3v) is 4.07. The fourth-order valence-electron chi connectivity index (χ4n) is 2.18. The summed E-state index contributed by atoms with van der Waals surface area (Å²) in [4.78, 5) is 12.0. The zero-order chi connectivity index (χ0) is 14.0. The topological polar surface area (TPSA) is 41.1 Å². The Labute approximate surface area is 127 Å². The summed E-state index contributed by atoms with van der Waals surface area (Å²) in [6.07, 6.45) is 1.61. The van der Waals surface area contributed by atoms with Gasteiger partial charge in [-0.1, -0.05) is 27.7 Å². The highest BCUT2D eigenvalue weighted by Gasteiger charge is 2.22. The van der Waals surface area contributed by atoms with E-state index in [0.29, 0.717) is 12.3 Å². The van der Waals surface area contributed by atoms with Gasteiger partial charge in [-0.15, -0.1) is 12.4 Å². The number of amides is 1. The molecule has 2 N–H and O–H groups in total. The average molecular weight is 297 g/mol. The maximum absolute atomic E-state index is 12.0.